The van der Waals surface area contributed by atoms with Crippen molar-refractivity contribution in [3.05, 3.63) is 47.0 Å². The van der Waals surface area contributed by atoms with E-state index in [1.54, 1.807) is 31.4 Å². The van der Waals surface area contributed by atoms with E-state index in [1.807, 2.05) is 12.1 Å². The van der Waals surface area contributed by atoms with Gasteiger partial charge in [0.2, 0.25) is 11.8 Å². The molecule has 4 rings (SSSR count). The molecule has 1 aliphatic rings. The third kappa shape index (κ3) is 7.82. The van der Waals surface area contributed by atoms with Gasteiger partial charge in [-0.3, -0.25) is 14.4 Å². The number of benzene rings is 2. The van der Waals surface area contributed by atoms with Crippen LogP contribution in [0.1, 0.15) is 33.5 Å². The smallest absolute Gasteiger partial charge is 0.255 e. The first-order chi connectivity index (χ1) is 20.2. The van der Waals surface area contributed by atoms with E-state index in [0.29, 0.717) is 34.7 Å². The standard InChI is InChI=1S/C28H34N4O8S2/c1-38-11-10-29-26(34)20-8-4-17(14-22(20)40-3)18-5-9-21-23(15-18)41-28(32-21)25(42(36,37)13-12-39-2)27(35)30-16-24(33)31-19-6-7-19/h4-5,8-9,14-15,19,25H,6-7,10-13,16H2,1-3H3,(H,29,34)(H,30,35)(H,31,33). The van der Waals surface area contributed by atoms with Crippen LogP contribution in [0.4, 0.5) is 0 Å². The molecular weight excluding hydrogens is 584 g/mol. The number of rotatable bonds is 15. The van der Waals surface area contributed by atoms with Gasteiger partial charge in [0.05, 0.1) is 48.4 Å². The lowest BCUT2D eigenvalue weighted by Crippen LogP contribution is -2.41. The highest BCUT2D eigenvalue weighted by Gasteiger charge is 2.37. The minimum Gasteiger partial charge on any atom is -0.496 e. The van der Waals surface area contributed by atoms with Crippen LogP contribution in [0.2, 0.25) is 0 Å². The van der Waals surface area contributed by atoms with E-state index in [-0.39, 0.29) is 41.8 Å². The number of methoxy groups -OCH3 is 3. The van der Waals surface area contributed by atoms with Gasteiger partial charge < -0.3 is 30.2 Å². The maximum Gasteiger partial charge on any atom is 0.255 e. The van der Waals surface area contributed by atoms with Gasteiger partial charge >= 0.3 is 0 Å². The van der Waals surface area contributed by atoms with E-state index in [9.17, 15) is 22.8 Å². The number of nitrogens with one attached hydrogen (secondary N) is 3. The van der Waals surface area contributed by atoms with Crippen LogP contribution in [0, 0.1) is 0 Å². The third-order valence-corrected chi connectivity index (χ3v) is 9.66. The molecule has 0 radical (unpaired) electrons. The number of hydrogen-bond donors (Lipinski definition) is 3. The van der Waals surface area contributed by atoms with Crippen molar-refractivity contribution in [2.75, 3.05) is 53.4 Å². The number of amides is 3. The molecule has 42 heavy (non-hydrogen) atoms. The second-order valence-electron chi connectivity index (χ2n) is 9.70. The number of carbonyl (C=O) groups is 3. The number of thiazole rings is 1. The molecule has 2 aromatic carbocycles. The highest BCUT2D eigenvalue weighted by Crippen LogP contribution is 2.35. The highest BCUT2D eigenvalue weighted by molar-refractivity contribution is 7.92. The quantitative estimate of drug-likeness (QED) is 0.216. The first-order valence-corrected chi connectivity index (χ1v) is 15.8. The predicted octanol–water partition coefficient (Wildman–Crippen LogP) is 1.85. The number of nitrogens with zero attached hydrogens (tertiary/aromatic N) is 1. The van der Waals surface area contributed by atoms with Gasteiger partial charge in [0.25, 0.3) is 5.91 Å². The fourth-order valence-electron chi connectivity index (χ4n) is 4.17. The molecule has 0 saturated heterocycles. The molecule has 12 nitrogen and oxygen atoms in total. The molecule has 1 atom stereocenters. The highest BCUT2D eigenvalue weighted by atomic mass is 32.2. The summed E-state index contributed by atoms with van der Waals surface area (Å²) in [6, 6.07) is 10.7. The van der Waals surface area contributed by atoms with Crippen LogP contribution in [-0.2, 0) is 28.9 Å². The molecule has 1 aliphatic carbocycles. The van der Waals surface area contributed by atoms with Crippen LogP contribution in [-0.4, -0.2) is 90.6 Å². The second kappa shape index (κ2) is 14.1. The van der Waals surface area contributed by atoms with Crippen molar-refractivity contribution in [2.24, 2.45) is 0 Å². The summed E-state index contributed by atoms with van der Waals surface area (Å²) in [6.45, 7) is 0.321. The molecule has 3 amide bonds. The first-order valence-electron chi connectivity index (χ1n) is 13.3. The minimum atomic E-state index is -4.02. The number of ether oxygens (including phenoxy) is 3. The summed E-state index contributed by atoms with van der Waals surface area (Å²) in [5, 5.41) is 6.49. The maximum atomic E-state index is 13.2. The van der Waals surface area contributed by atoms with Crippen molar-refractivity contribution in [3.8, 4) is 16.9 Å². The van der Waals surface area contributed by atoms with Gasteiger partial charge in [-0.15, -0.1) is 11.3 Å². The molecule has 3 N–H and O–H groups in total. The largest absolute Gasteiger partial charge is 0.496 e. The van der Waals surface area contributed by atoms with Crippen molar-refractivity contribution in [3.63, 3.8) is 0 Å². The van der Waals surface area contributed by atoms with E-state index in [2.05, 4.69) is 20.9 Å². The molecule has 0 spiro atoms. The topological polar surface area (TPSA) is 162 Å². The molecule has 1 aromatic heterocycles. The van der Waals surface area contributed by atoms with Crippen LogP contribution in [0.5, 0.6) is 5.75 Å². The molecule has 14 heteroatoms. The third-order valence-electron chi connectivity index (χ3n) is 6.54. The zero-order valence-corrected chi connectivity index (χ0v) is 25.2. The van der Waals surface area contributed by atoms with Crippen LogP contribution in [0.25, 0.3) is 21.3 Å². The Bertz CT molecular complexity index is 1550. The monoisotopic (exact) mass is 618 g/mol. The van der Waals surface area contributed by atoms with Crippen molar-refractivity contribution in [1.29, 1.82) is 0 Å². The van der Waals surface area contributed by atoms with Crippen LogP contribution >= 0.6 is 11.3 Å². The Hall–Kier alpha value is -3.59. The molecule has 1 saturated carbocycles. The Labute approximate surface area is 248 Å². The minimum absolute atomic E-state index is 0.0917. The van der Waals surface area contributed by atoms with Crippen LogP contribution in [0.3, 0.4) is 0 Å². The Morgan fingerprint density at radius 3 is 2.40 bits per heavy atom. The van der Waals surface area contributed by atoms with E-state index >= 15 is 0 Å². The van der Waals surface area contributed by atoms with Gasteiger partial charge in [0.1, 0.15) is 10.8 Å². The average molecular weight is 619 g/mol. The van der Waals surface area contributed by atoms with Gasteiger partial charge in [0.15, 0.2) is 15.1 Å². The molecule has 0 bridgehead atoms. The fraction of sp³-hybridized carbons (Fsp3) is 0.429. The molecule has 1 fully saturated rings. The van der Waals surface area contributed by atoms with Gasteiger partial charge in [-0.2, -0.15) is 0 Å². The van der Waals surface area contributed by atoms with Gasteiger partial charge in [-0.05, 0) is 48.2 Å². The molecule has 3 aromatic rings. The predicted molar refractivity (Wildman–Crippen MR) is 158 cm³/mol. The van der Waals surface area contributed by atoms with E-state index in [1.165, 1.54) is 14.2 Å². The summed E-state index contributed by atoms with van der Waals surface area (Å²) in [5.41, 5.74) is 2.44. The molecule has 1 heterocycles. The SMILES string of the molecule is COCCNC(=O)c1ccc(-c2ccc3nc(C(C(=O)NCC(=O)NC4CC4)S(=O)(=O)CCOC)sc3c2)cc1OC. The molecule has 1 unspecified atom stereocenters. The van der Waals surface area contributed by atoms with Gasteiger partial charge in [-0.25, -0.2) is 13.4 Å². The Morgan fingerprint density at radius 1 is 1.00 bits per heavy atom. The lowest BCUT2D eigenvalue weighted by Gasteiger charge is -2.15. The summed E-state index contributed by atoms with van der Waals surface area (Å²) >= 11 is 1.09. The van der Waals surface area contributed by atoms with Crippen molar-refractivity contribution >= 4 is 49.1 Å². The van der Waals surface area contributed by atoms with Crippen molar-refractivity contribution in [2.45, 2.75) is 24.1 Å². The summed E-state index contributed by atoms with van der Waals surface area (Å²) in [5.74, 6) is -1.48. The van der Waals surface area contributed by atoms with Crippen LogP contribution in [0.15, 0.2) is 36.4 Å². The number of sulfone groups is 1. The van der Waals surface area contributed by atoms with E-state index in [0.717, 1.165) is 35.3 Å². The fourth-order valence-corrected chi connectivity index (χ4v) is 7.14. The normalized spacial score (nSPS) is 13.9. The Kier molecular flexibility index (Phi) is 10.5. The first kappa shape index (κ1) is 31.3. The van der Waals surface area contributed by atoms with E-state index < -0.39 is 21.0 Å². The maximum absolute atomic E-state index is 13.2. The average Bonchev–Trinajstić information content (AvgIpc) is 3.69. The lowest BCUT2D eigenvalue weighted by molar-refractivity contribution is -0.126. The molecular formula is C28H34N4O8S2. The zero-order chi connectivity index (χ0) is 30.3. The lowest BCUT2D eigenvalue weighted by atomic mass is 10.0. The van der Waals surface area contributed by atoms with E-state index in [4.69, 9.17) is 14.2 Å². The van der Waals surface area contributed by atoms with Crippen molar-refractivity contribution in [1.82, 2.24) is 20.9 Å². The zero-order valence-electron chi connectivity index (χ0n) is 23.6. The summed E-state index contributed by atoms with van der Waals surface area (Å²) in [4.78, 5) is 42.3. The van der Waals surface area contributed by atoms with Gasteiger partial charge in [0, 0.05) is 26.8 Å². The van der Waals surface area contributed by atoms with Gasteiger partial charge in [-0.1, -0.05) is 12.1 Å². The summed E-state index contributed by atoms with van der Waals surface area (Å²) < 4.78 is 42.5. The second-order valence-corrected chi connectivity index (χ2v) is 13.0. The number of fused-ring (bicyclic) bond motifs is 1. The van der Waals surface area contributed by atoms with Crippen LogP contribution < -0.4 is 20.7 Å². The Balaban J connectivity index is 1.60. The Morgan fingerprint density at radius 2 is 1.71 bits per heavy atom. The van der Waals surface area contributed by atoms with Crippen molar-refractivity contribution < 1.29 is 37.0 Å². The summed E-state index contributed by atoms with van der Waals surface area (Å²) in [6.07, 6.45) is 1.78. The molecule has 226 valence electrons. The molecule has 0 aliphatic heterocycles. The summed E-state index contributed by atoms with van der Waals surface area (Å²) in [7, 11) is 0.390. The number of aromatic nitrogens is 1. The number of carbonyl (C=O) groups excluding carboxylic acids is 3. The number of hydrogen-bond acceptors (Lipinski definition) is 10.